The van der Waals surface area contributed by atoms with E-state index in [1.807, 2.05) is 0 Å². The number of aromatic amines is 1. The van der Waals surface area contributed by atoms with Crippen LogP contribution in [0.3, 0.4) is 0 Å². The van der Waals surface area contributed by atoms with Crippen molar-refractivity contribution in [2.75, 3.05) is 17.1 Å². The Labute approximate surface area is 171 Å². The summed E-state index contributed by atoms with van der Waals surface area (Å²) >= 11 is 5.79. The van der Waals surface area contributed by atoms with Gasteiger partial charge < -0.3 is 10.1 Å². The molecule has 0 atom stereocenters. The van der Waals surface area contributed by atoms with Crippen LogP contribution in [-0.2, 0) is 14.8 Å². The first-order valence-corrected chi connectivity index (χ1v) is 9.98. The lowest BCUT2D eigenvalue weighted by Gasteiger charge is -2.09. The first-order chi connectivity index (χ1) is 13.8. The van der Waals surface area contributed by atoms with E-state index in [-0.39, 0.29) is 11.3 Å². The third-order valence-electron chi connectivity index (χ3n) is 3.78. The molecule has 0 saturated heterocycles. The van der Waals surface area contributed by atoms with Crippen LogP contribution in [0.1, 0.15) is 20.7 Å². The Kier molecular flexibility index (Phi) is 5.85. The minimum absolute atomic E-state index is 0.177. The molecule has 29 heavy (non-hydrogen) atoms. The average molecular weight is 435 g/mol. The lowest BCUT2D eigenvalue weighted by atomic mass is 10.2. The number of benzene rings is 2. The summed E-state index contributed by atoms with van der Waals surface area (Å²) in [5.41, 5.74) is 0.763. The Hall–Kier alpha value is -3.37. The van der Waals surface area contributed by atoms with Gasteiger partial charge >= 0.3 is 5.97 Å². The predicted octanol–water partition coefficient (Wildman–Crippen LogP) is 2.90. The zero-order valence-corrected chi connectivity index (χ0v) is 16.5. The molecule has 0 aliphatic rings. The highest BCUT2D eigenvalue weighted by molar-refractivity contribution is 7.92. The fourth-order valence-corrected chi connectivity index (χ4v) is 3.65. The summed E-state index contributed by atoms with van der Waals surface area (Å²) in [5.74, 6) is -1.21. The Balaban J connectivity index is 1.78. The van der Waals surface area contributed by atoms with Crippen LogP contribution in [0.5, 0.6) is 0 Å². The third-order valence-corrected chi connectivity index (χ3v) is 5.38. The molecule has 11 heteroatoms. The second-order valence-electron chi connectivity index (χ2n) is 5.75. The van der Waals surface area contributed by atoms with Crippen molar-refractivity contribution in [3.63, 3.8) is 0 Å². The van der Waals surface area contributed by atoms with E-state index in [2.05, 4.69) is 25.0 Å². The van der Waals surface area contributed by atoms with Crippen LogP contribution in [0.15, 0.2) is 59.8 Å². The van der Waals surface area contributed by atoms with Gasteiger partial charge in [-0.2, -0.15) is 13.5 Å². The van der Waals surface area contributed by atoms with Gasteiger partial charge in [0.2, 0.25) is 0 Å². The number of methoxy groups -OCH3 is 1. The largest absolute Gasteiger partial charge is 0.465 e. The van der Waals surface area contributed by atoms with Crippen LogP contribution in [0.25, 0.3) is 0 Å². The quantitative estimate of drug-likeness (QED) is 0.511. The molecule has 3 aromatic rings. The van der Waals surface area contributed by atoms with Crippen molar-refractivity contribution < 1.29 is 22.7 Å². The maximum atomic E-state index is 12.6. The standard InChI is InChI=1S/C18H15ClN4O5S/c1-28-18(25)11-2-6-13(7-3-11)21-16(24)15-10-20-22-17(15)29(26,27)23-14-8-4-12(19)5-9-14/h2-10,23H,1H3,(H,20,22)(H,21,24). The van der Waals surface area contributed by atoms with Gasteiger partial charge in [-0.05, 0) is 48.5 Å². The molecular weight excluding hydrogens is 420 g/mol. The molecule has 0 saturated carbocycles. The predicted molar refractivity (Wildman–Crippen MR) is 107 cm³/mol. The van der Waals surface area contributed by atoms with Gasteiger partial charge in [-0.1, -0.05) is 11.6 Å². The Morgan fingerprint density at radius 1 is 1.03 bits per heavy atom. The summed E-state index contributed by atoms with van der Waals surface area (Å²) < 4.78 is 32.2. The van der Waals surface area contributed by atoms with Crippen LogP contribution in [0, 0.1) is 0 Å². The zero-order chi connectivity index (χ0) is 21.0. The lowest BCUT2D eigenvalue weighted by molar-refractivity contribution is 0.0600. The number of H-pyrrole nitrogens is 1. The highest BCUT2D eigenvalue weighted by Crippen LogP contribution is 2.20. The van der Waals surface area contributed by atoms with Crippen molar-refractivity contribution in [3.8, 4) is 0 Å². The van der Waals surface area contributed by atoms with Gasteiger partial charge in [0.25, 0.3) is 15.9 Å². The van der Waals surface area contributed by atoms with E-state index in [1.165, 1.54) is 55.6 Å². The second-order valence-corrected chi connectivity index (χ2v) is 7.80. The molecule has 0 aliphatic carbocycles. The highest BCUT2D eigenvalue weighted by atomic mass is 35.5. The number of hydrogen-bond acceptors (Lipinski definition) is 6. The molecule has 0 unspecified atom stereocenters. The van der Waals surface area contributed by atoms with Gasteiger partial charge in [0, 0.05) is 16.4 Å². The maximum Gasteiger partial charge on any atom is 0.337 e. The van der Waals surface area contributed by atoms with Crippen LogP contribution in [0.4, 0.5) is 11.4 Å². The van der Waals surface area contributed by atoms with Crippen molar-refractivity contribution in [3.05, 3.63) is 70.9 Å². The molecule has 1 heterocycles. The van der Waals surface area contributed by atoms with Gasteiger partial charge in [-0.15, -0.1) is 0 Å². The van der Waals surface area contributed by atoms with Gasteiger partial charge in [-0.3, -0.25) is 14.6 Å². The number of aromatic nitrogens is 2. The van der Waals surface area contributed by atoms with E-state index < -0.39 is 26.9 Å². The average Bonchev–Trinajstić information content (AvgIpc) is 3.21. The molecule has 3 N–H and O–H groups in total. The van der Waals surface area contributed by atoms with E-state index in [4.69, 9.17) is 11.6 Å². The maximum absolute atomic E-state index is 12.6. The molecule has 0 bridgehead atoms. The zero-order valence-electron chi connectivity index (χ0n) is 15.0. The molecule has 1 amide bonds. The molecule has 150 valence electrons. The van der Waals surface area contributed by atoms with Crippen LogP contribution < -0.4 is 10.0 Å². The van der Waals surface area contributed by atoms with Crippen molar-refractivity contribution in [2.24, 2.45) is 0 Å². The van der Waals surface area contributed by atoms with Gasteiger partial charge in [0.05, 0.1) is 24.4 Å². The van der Waals surface area contributed by atoms with Gasteiger partial charge in [0.1, 0.15) is 0 Å². The summed E-state index contributed by atoms with van der Waals surface area (Å²) in [5, 5.41) is 8.61. The van der Waals surface area contributed by atoms with E-state index in [0.717, 1.165) is 6.20 Å². The fourth-order valence-electron chi connectivity index (χ4n) is 2.37. The SMILES string of the molecule is COC(=O)c1ccc(NC(=O)c2cn[nH]c2S(=O)(=O)Nc2ccc(Cl)cc2)cc1. The van der Waals surface area contributed by atoms with E-state index in [0.29, 0.717) is 16.3 Å². The smallest absolute Gasteiger partial charge is 0.337 e. The van der Waals surface area contributed by atoms with Crippen LogP contribution in [-0.4, -0.2) is 37.6 Å². The number of nitrogens with zero attached hydrogens (tertiary/aromatic N) is 1. The number of hydrogen-bond donors (Lipinski definition) is 3. The van der Waals surface area contributed by atoms with E-state index in [9.17, 15) is 18.0 Å². The topological polar surface area (TPSA) is 130 Å². The number of carbonyl (C=O) groups excluding carboxylic acids is 2. The lowest BCUT2D eigenvalue weighted by Crippen LogP contribution is -2.19. The number of amides is 1. The molecule has 9 nitrogen and oxygen atoms in total. The second kappa shape index (κ2) is 8.33. The van der Waals surface area contributed by atoms with Gasteiger partial charge in [0.15, 0.2) is 5.03 Å². The van der Waals surface area contributed by atoms with Crippen molar-refractivity contribution in [1.29, 1.82) is 0 Å². The van der Waals surface area contributed by atoms with Crippen molar-refractivity contribution in [1.82, 2.24) is 10.2 Å². The van der Waals surface area contributed by atoms with Crippen LogP contribution in [0.2, 0.25) is 5.02 Å². The first-order valence-electron chi connectivity index (χ1n) is 8.11. The molecular formula is C18H15ClN4O5S. The summed E-state index contributed by atoms with van der Waals surface area (Å²) in [4.78, 5) is 24.0. The normalized spacial score (nSPS) is 11.0. The summed E-state index contributed by atoms with van der Waals surface area (Å²) in [6, 6.07) is 11.9. The molecule has 0 fully saturated rings. The summed E-state index contributed by atoms with van der Waals surface area (Å²) in [6.07, 6.45) is 1.11. The van der Waals surface area contributed by atoms with Gasteiger partial charge in [-0.25, -0.2) is 4.79 Å². The number of esters is 1. The monoisotopic (exact) mass is 434 g/mol. The van der Waals surface area contributed by atoms with E-state index in [1.54, 1.807) is 0 Å². The molecule has 3 rings (SSSR count). The first kappa shape index (κ1) is 20.4. The number of ether oxygens (including phenoxy) is 1. The Morgan fingerprint density at radius 2 is 1.66 bits per heavy atom. The van der Waals surface area contributed by atoms with Crippen molar-refractivity contribution >= 4 is 44.9 Å². The number of carbonyl (C=O) groups is 2. The van der Waals surface area contributed by atoms with E-state index >= 15 is 0 Å². The minimum Gasteiger partial charge on any atom is -0.465 e. The number of rotatable bonds is 6. The minimum atomic E-state index is -4.11. The Bertz CT molecular complexity index is 1140. The molecule has 1 aromatic heterocycles. The number of sulfonamides is 1. The molecule has 0 radical (unpaired) electrons. The highest BCUT2D eigenvalue weighted by Gasteiger charge is 2.25. The molecule has 0 spiro atoms. The third kappa shape index (κ3) is 4.73. The van der Waals surface area contributed by atoms with Crippen molar-refractivity contribution in [2.45, 2.75) is 5.03 Å². The van der Waals surface area contributed by atoms with Crippen LogP contribution >= 0.6 is 11.6 Å². The molecule has 0 aliphatic heterocycles. The number of nitrogens with one attached hydrogen (secondary N) is 3. The number of anilines is 2. The summed E-state index contributed by atoms with van der Waals surface area (Å²) in [7, 11) is -2.84. The summed E-state index contributed by atoms with van der Waals surface area (Å²) in [6.45, 7) is 0. The fraction of sp³-hybridized carbons (Fsp3) is 0.0556. The number of halogens is 1. The molecule has 2 aromatic carbocycles. The Morgan fingerprint density at radius 3 is 2.28 bits per heavy atom.